The minimum Gasteiger partial charge on any atom is -0.329 e. The van der Waals surface area contributed by atoms with Gasteiger partial charge in [0.05, 0.1) is 4.90 Å². The first-order valence-corrected chi connectivity index (χ1v) is 8.67. The van der Waals surface area contributed by atoms with Crippen LogP contribution in [0, 0.1) is 6.92 Å². The molecule has 0 aliphatic carbocycles. The number of nitrogens with two attached hydrogens (primary N) is 1. The molecule has 0 aliphatic rings. The van der Waals surface area contributed by atoms with E-state index in [4.69, 9.17) is 5.73 Å². The standard InChI is InChI=1S/C13H21BrN2O2S/c1-3-4-5-11(9-15)16-19(17,18)13-8-10(2)6-7-12(13)14/h6-8,11,16H,3-5,9,15H2,1-2H3. The summed E-state index contributed by atoms with van der Waals surface area (Å²) >= 11 is 3.28. The fourth-order valence-electron chi connectivity index (χ4n) is 1.77. The van der Waals surface area contributed by atoms with Gasteiger partial charge < -0.3 is 5.73 Å². The van der Waals surface area contributed by atoms with Gasteiger partial charge in [-0.05, 0) is 47.0 Å². The third-order valence-corrected chi connectivity index (χ3v) is 5.40. The molecule has 0 bridgehead atoms. The van der Waals surface area contributed by atoms with Crippen molar-refractivity contribution in [2.45, 2.75) is 44.0 Å². The number of aryl methyl sites for hydroxylation is 1. The van der Waals surface area contributed by atoms with Crippen LogP contribution in [0.3, 0.4) is 0 Å². The summed E-state index contributed by atoms with van der Waals surface area (Å²) in [5.41, 5.74) is 6.53. The van der Waals surface area contributed by atoms with Crippen molar-refractivity contribution in [1.82, 2.24) is 4.72 Å². The van der Waals surface area contributed by atoms with E-state index < -0.39 is 10.0 Å². The van der Waals surface area contributed by atoms with Gasteiger partial charge >= 0.3 is 0 Å². The van der Waals surface area contributed by atoms with Crippen LogP contribution < -0.4 is 10.5 Å². The van der Waals surface area contributed by atoms with Crippen LogP contribution in [0.1, 0.15) is 31.7 Å². The van der Waals surface area contributed by atoms with Crippen LogP contribution in [0.4, 0.5) is 0 Å². The monoisotopic (exact) mass is 348 g/mol. The number of hydrogen-bond donors (Lipinski definition) is 2. The van der Waals surface area contributed by atoms with Crippen LogP contribution in [0.15, 0.2) is 27.6 Å². The highest BCUT2D eigenvalue weighted by molar-refractivity contribution is 9.10. The lowest BCUT2D eigenvalue weighted by Gasteiger charge is -2.17. The highest BCUT2D eigenvalue weighted by atomic mass is 79.9. The molecule has 6 heteroatoms. The van der Waals surface area contributed by atoms with Gasteiger partial charge in [0.2, 0.25) is 10.0 Å². The molecule has 0 aromatic heterocycles. The lowest BCUT2D eigenvalue weighted by Crippen LogP contribution is -2.40. The van der Waals surface area contributed by atoms with E-state index in [0.29, 0.717) is 11.0 Å². The molecular formula is C13H21BrN2O2S. The van der Waals surface area contributed by atoms with Crippen molar-refractivity contribution in [2.24, 2.45) is 5.73 Å². The predicted octanol–water partition coefficient (Wildman–Crippen LogP) is 2.55. The number of sulfonamides is 1. The zero-order valence-electron chi connectivity index (χ0n) is 11.3. The van der Waals surface area contributed by atoms with Crippen molar-refractivity contribution in [3.63, 3.8) is 0 Å². The summed E-state index contributed by atoms with van der Waals surface area (Å²) < 4.78 is 27.9. The van der Waals surface area contributed by atoms with Gasteiger partial charge in [0.25, 0.3) is 0 Å². The maximum atomic E-state index is 12.3. The van der Waals surface area contributed by atoms with E-state index in [1.807, 2.05) is 13.0 Å². The summed E-state index contributed by atoms with van der Waals surface area (Å²) in [7, 11) is -3.53. The number of hydrogen-bond acceptors (Lipinski definition) is 3. The molecule has 4 nitrogen and oxygen atoms in total. The Hall–Kier alpha value is -0.430. The normalized spacial score (nSPS) is 13.5. The molecule has 1 aromatic rings. The third kappa shape index (κ3) is 4.87. The summed E-state index contributed by atoms with van der Waals surface area (Å²) in [6, 6.07) is 5.05. The highest BCUT2D eigenvalue weighted by Gasteiger charge is 2.21. The molecular weight excluding hydrogens is 328 g/mol. The molecule has 0 saturated heterocycles. The average Bonchev–Trinajstić information content (AvgIpc) is 2.37. The van der Waals surface area contributed by atoms with Gasteiger partial charge in [-0.3, -0.25) is 0 Å². The van der Waals surface area contributed by atoms with Crippen LogP contribution in [-0.4, -0.2) is 21.0 Å². The maximum Gasteiger partial charge on any atom is 0.241 e. The van der Waals surface area contributed by atoms with E-state index in [1.54, 1.807) is 12.1 Å². The summed E-state index contributed by atoms with van der Waals surface area (Å²) in [5, 5.41) is 0. The van der Waals surface area contributed by atoms with E-state index in [-0.39, 0.29) is 10.9 Å². The van der Waals surface area contributed by atoms with Crippen LogP contribution in [0.2, 0.25) is 0 Å². The smallest absolute Gasteiger partial charge is 0.241 e. The van der Waals surface area contributed by atoms with Crippen LogP contribution in [0.5, 0.6) is 0 Å². The maximum absolute atomic E-state index is 12.3. The van der Waals surface area contributed by atoms with E-state index in [9.17, 15) is 8.42 Å². The van der Waals surface area contributed by atoms with Crippen molar-refractivity contribution >= 4 is 26.0 Å². The van der Waals surface area contributed by atoms with Gasteiger partial charge in [-0.15, -0.1) is 0 Å². The molecule has 0 aliphatic heterocycles. The molecule has 0 saturated carbocycles. The lowest BCUT2D eigenvalue weighted by atomic mass is 10.1. The number of nitrogens with one attached hydrogen (secondary N) is 1. The first kappa shape index (κ1) is 16.6. The molecule has 0 heterocycles. The Morgan fingerprint density at radius 2 is 2.11 bits per heavy atom. The van der Waals surface area contributed by atoms with Crippen LogP contribution in [-0.2, 0) is 10.0 Å². The Balaban J connectivity index is 2.93. The van der Waals surface area contributed by atoms with Crippen molar-refractivity contribution in [1.29, 1.82) is 0 Å². The van der Waals surface area contributed by atoms with Gasteiger partial charge in [0, 0.05) is 17.1 Å². The van der Waals surface area contributed by atoms with Gasteiger partial charge in [-0.2, -0.15) is 0 Å². The van der Waals surface area contributed by atoms with E-state index in [0.717, 1.165) is 24.8 Å². The summed E-state index contributed by atoms with van der Waals surface area (Å²) in [5.74, 6) is 0. The molecule has 0 fully saturated rings. The molecule has 0 spiro atoms. The van der Waals surface area contributed by atoms with E-state index in [1.165, 1.54) is 0 Å². The Kier molecular flexibility index (Phi) is 6.46. The van der Waals surface area contributed by atoms with Gasteiger partial charge in [-0.1, -0.05) is 25.8 Å². The van der Waals surface area contributed by atoms with Crippen molar-refractivity contribution in [3.8, 4) is 0 Å². The fraction of sp³-hybridized carbons (Fsp3) is 0.538. The Morgan fingerprint density at radius 3 is 2.68 bits per heavy atom. The minimum atomic E-state index is -3.53. The SMILES string of the molecule is CCCCC(CN)NS(=O)(=O)c1cc(C)ccc1Br. The molecule has 0 radical (unpaired) electrons. The molecule has 108 valence electrons. The quantitative estimate of drug-likeness (QED) is 0.795. The summed E-state index contributed by atoms with van der Waals surface area (Å²) in [6.07, 6.45) is 2.74. The van der Waals surface area contributed by atoms with Gasteiger partial charge in [0.15, 0.2) is 0 Å². The largest absolute Gasteiger partial charge is 0.329 e. The fourth-order valence-corrected chi connectivity index (χ4v) is 4.11. The van der Waals surface area contributed by atoms with Crippen molar-refractivity contribution in [2.75, 3.05) is 6.54 Å². The van der Waals surface area contributed by atoms with E-state index in [2.05, 4.69) is 27.6 Å². The number of halogens is 1. The second-order valence-electron chi connectivity index (χ2n) is 4.63. The Labute approximate surface area is 124 Å². The molecule has 1 unspecified atom stereocenters. The number of unbranched alkanes of at least 4 members (excludes halogenated alkanes) is 1. The van der Waals surface area contributed by atoms with Crippen LogP contribution >= 0.6 is 15.9 Å². The third-order valence-electron chi connectivity index (χ3n) is 2.89. The Bertz CT molecular complexity index is 517. The average molecular weight is 349 g/mol. The van der Waals surface area contributed by atoms with Gasteiger partial charge in [0.1, 0.15) is 0 Å². The van der Waals surface area contributed by atoms with Crippen molar-refractivity contribution in [3.05, 3.63) is 28.2 Å². The highest BCUT2D eigenvalue weighted by Crippen LogP contribution is 2.23. The topological polar surface area (TPSA) is 72.2 Å². The van der Waals surface area contributed by atoms with Crippen molar-refractivity contribution < 1.29 is 8.42 Å². The van der Waals surface area contributed by atoms with Crippen LogP contribution in [0.25, 0.3) is 0 Å². The lowest BCUT2D eigenvalue weighted by molar-refractivity contribution is 0.516. The second kappa shape index (κ2) is 7.38. The zero-order valence-corrected chi connectivity index (χ0v) is 13.7. The first-order valence-electron chi connectivity index (χ1n) is 6.39. The zero-order chi connectivity index (χ0) is 14.5. The van der Waals surface area contributed by atoms with E-state index >= 15 is 0 Å². The predicted molar refractivity (Wildman–Crippen MR) is 81.6 cm³/mol. The summed E-state index contributed by atoms with van der Waals surface area (Å²) in [4.78, 5) is 0.266. The number of benzene rings is 1. The molecule has 19 heavy (non-hydrogen) atoms. The first-order chi connectivity index (χ1) is 8.90. The molecule has 1 aromatic carbocycles. The number of rotatable bonds is 7. The minimum absolute atomic E-state index is 0.211. The second-order valence-corrected chi connectivity index (χ2v) is 7.17. The molecule has 0 amide bonds. The Morgan fingerprint density at radius 1 is 1.42 bits per heavy atom. The summed E-state index contributed by atoms with van der Waals surface area (Å²) in [6.45, 7) is 4.24. The van der Waals surface area contributed by atoms with Gasteiger partial charge in [-0.25, -0.2) is 13.1 Å². The molecule has 3 N–H and O–H groups in total. The molecule has 1 rings (SSSR count). The molecule has 1 atom stereocenters.